The lowest BCUT2D eigenvalue weighted by Crippen LogP contribution is -2.39. The number of likely N-dealkylation sites (tertiary alicyclic amines) is 1. The molecule has 1 amide bonds. The van der Waals surface area contributed by atoms with E-state index in [1.807, 2.05) is 23.9 Å². The zero-order chi connectivity index (χ0) is 11.8. The Morgan fingerprint density at radius 3 is 2.71 bits per heavy atom. The molecule has 2 unspecified atom stereocenters. The van der Waals surface area contributed by atoms with Crippen LogP contribution in [0.15, 0.2) is 24.3 Å². The zero-order valence-electron chi connectivity index (χ0n) is 10.1. The molecule has 2 saturated heterocycles. The molecule has 0 aromatic heterocycles. The fraction of sp³-hybridized carbons (Fsp3) is 0.500. The third-order valence-electron chi connectivity index (χ3n) is 3.77. The van der Waals surface area contributed by atoms with Crippen molar-refractivity contribution in [2.75, 3.05) is 12.3 Å². The van der Waals surface area contributed by atoms with Crippen molar-refractivity contribution < 1.29 is 4.79 Å². The van der Waals surface area contributed by atoms with E-state index in [2.05, 4.69) is 24.0 Å². The monoisotopic (exact) mass is 247 g/mol. The third-order valence-corrected chi connectivity index (χ3v) is 5.16. The maximum absolute atomic E-state index is 12.4. The van der Waals surface area contributed by atoms with Crippen LogP contribution in [0.4, 0.5) is 0 Å². The number of thioether (sulfide) groups is 1. The minimum atomic E-state index is 0.223. The molecule has 2 nitrogen and oxygen atoms in total. The molecule has 3 rings (SSSR count). The number of rotatable bonds is 2. The fourth-order valence-electron chi connectivity index (χ4n) is 2.70. The number of benzene rings is 1. The maximum Gasteiger partial charge on any atom is 0.254 e. The number of amides is 1. The summed E-state index contributed by atoms with van der Waals surface area (Å²) in [4.78, 5) is 14.4. The van der Waals surface area contributed by atoms with E-state index in [0.29, 0.717) is 11.3 Å². The van der Waals surface area contributed by atoms with Gasteiger partial charge in [0.15, 0.2) is 0 Å². The average molecular weight is 247 g/mol. The summed E-state index contributed by atoms with van der Waals surface area (Å²) in [6.07, 6.45) is 2.23. The molecule has 0 aliphatic carbocycles. The Bertz CT molecular complexity index is 428. The van der Waals surface area contributed by atoms with Crippen molar-refractivity contribution in [3.63, 3.8) is 0 Å². The Morgan fingerprint density at radius 1 is 1.41 bits per heavy atom. The Morgan fingerprint density at radius 2 is 2.18 bits per heavy atom. The molecule has 0 spiro atoms. The minimum absolute atomic E-state index is 0.223. The summed E-state index contributed by atoms with van der Waals surface area (Å²) >= 11 is 2.02. The molecule has 0 saturated carbocycles. The summed E-state index contributed by atoms with van der Waals surface area (Å²) in [5, 5.41) is 0.693. The largest absolute Gasteiger partial charge is 0.334 e. The molecule has 17 heavy (non-hydrogen) atoms. The summed E-state index contributed by atoms with van der Waals surface area (Å²) in [6, 6.07) is 8.57. The fourth-order valence-corrected chi connectivity index (χ4v) is 4.13. The molecule has 2 fully saturated rings. The number of hydrogen-bond donors (Lipinski definition) is 0. The van der Waals surface area contributed by atoms with E-state index in [0.717, 1.165) is 24.3 Å². The van der Waals surface area contributed by atoms with Gasteiger partial charge in [0.05, 0.1) is 0 Å². The van der Waals surface area contributed by atoms with Crippen molar-refractivity contribution in [2.24, 2.45) is 0 Å². The van der Waals surface area contributed by atoms with E-state index in [1.54, 1.807) is 0 Å². The first-order valence-electron chi connectivity index (χ1n) is 6.29. The standard InChI is InChI=1S/C14H17NOS/c1-2-10-3-5-11(6-4-10)14(16)15-8-13-7-12(15)9-17-13/h3-6,12-13H,2,7-9H2,1H3. The van der Waals surface area contributed by atoms with Crippen LogP contribution in [-0.2, 0) is 6.42 Å². The number of aryl methyl sites for hydroxylation is 1. The van der Waals surface area contributed by atoms with E-state index >= 15 is 0 Å². The van der Waals surface area contributed by atoms with Gasteiger partial charge in [-0.1, -0.05) is 19.1 Å². The Hall–Kier alpha value is -0.960. The number of carbonyl (C=O) groups excluding carboxylic acids is 1. The quantitative estimate of drug-likeness (QED) is 0.800. The average Bonchev–Trinajstić information content (AvgIpc) is 3.00. The second-order valence-electron chi connectivity index (χ2n) is 4.85. The van der Waals surface area contributed by atoms with Crippen LogP contribution in [0.25, 0.3) is 0 Å². The van der Waals surface area contributed by atoms with Gasteiger partial charge in [0, 0.05) is 29.2 Å². The van der Waals surface area contributed by atoms with E-state index in [1.165, 1.54) is 12.0 Å². The molecule has 0 radical (unpaired) electrons. The number of hydrogen-bond acceptors (Lipinski definition) is 2. The highest BCUT2D eigenvalue weighted by Crippen LogP contribution is 2.38. The summed E-state index contributed by atoms with van der Waals surface area (Å²) in [5.74, 6) is 1.35. The Kier molecular flexibility index (Phi) is 2.87. The van der Waals surface area contributed by atoms with Crippen LogP contribution in [0.5, 0.6) is 0 Å². The van der Waals surface area contributed by atoms with Gasteiger partial charge >= 0.3 is 0 Å². The Balaban J connectivity index is 1.77. The molecule has 1 aromatic carbocycles. The smallest absolute Gasteiger partial charge is 0.254 e. The van der Waals surface area contributed by atoms with E-state index in [9.17, 15) is 4.79 Å². The molecular weight excluding hydrogens is 230 g/mol. The first-order chi connectivity index (χ1) is 8.28. The van der Waals surface area contributed by atoms with Gasteiger partial charge in [-0.3, -0.25) is 4.79 Å². The van der Waals surface area contributed by atoms with Crippen molar-refractivity contribution in [2.45, 2.75) is 31.1 Å². The first-order valence-corrected chi connectivity index (χ1v) is 7.34. The normalized spacial score (nSPS) is 26.5. The molecule has 2 aliphatic rings. The van der Waals surface area contributed by atoms with Crippen molar-refractivity contribution in [1.29, 1.82) is 0 Å². The maximum atomic E-state index is 12.4. The molecule has 3 heteroatoms. The van der Waals surface area contributed by atoms with Crippen LogP contribution in [0.2, 0.25) is 0 Å². The molecular formula is C14H17NOS. The first kappa shape index (κ1) is 11.1. The summed E-state index contributed by atoms with van der Waals surface area (Å²) in [5.41, 5.74) is 2.14. The van der Waals surface area contributed by atoms with Crippen LogP contribution < -0.4 is 0 Å². The zero-order valence-corrected chi connectivity index (χ0v) is 10.9. The van der Waals surface area contributed by atoms with E-state index in [-0.39, 0.29) is 5.91 Å². The molecule has 2 atom stereocenters. The highest BCUT2D eigenvalue weighted by atomic mass is 32.2. The van der Waals surface area contributed by atoms with E-state index in [4.69, 9.17) is 0 Å². The third kappa shape index (κ3) is 1.97. The molecule has 0 N–H and O–H groups in total. The predicted molar refractivity (Wildman–Crippen MR) is 71.5 cm³/mol. The summed E-state index contributed by atoms with van der Waals surface area (Å²) in [7, 11) is 0. The molecule has 2 bridgehead atoms. The van der Waals surface area contributed by atoms with Crippen LogP contribution >= 0.6 is 11.8 Å². The van der Waals surface area contributed by atoms with Gasteiger partial charge in [-0.2, -0.15) is 11.8 Å². The molecule has 2 aliphatic heterocycles. The van der Waals surface area contributed by atoms with E-state index < -0.39 is 0 Å². The van der Waals surface area contributed by atoms with Gasteiger partial charge in [0.2, 0.25) is 0 Å². The summed E-state index contributed by atoms with van der Waals surface area (Å²) < 4.78 is 0. The topological polar surface area (TPSA) is 20.3 Å². The lowest BCUT2D eigenvalue weighted by Gasteiger charge is -2.26. The number of nitrogens with zero attached hydrogens (tertiary/aromatic N) is 1. The van der Waals surface area contributed by atoms with Crippen molar-refractivity contribution >= 4 is 17.7 Å². The highest BCUT2D eigenvalue weighted by molar-refractivity contribution is 8.00. The van der Waals surface area contributed by atoms with Crippen molar-refractivity contribution in [3.05, 3.63) is 35.4 Å². The van der Waals surface area contributed by atoms with Crippen molar-refractivity contribution in [3.8, 4) is 0 Å². The Labute approximate surface area is 106 Å². The highest BCUT2D eigenvalue weighted by Gasteiger charge is 2.40. The van der Waals surface area contributed by atoms with Crippen LogP contribution in [0.3, 0.4) is 0 Å². The number of fused-ring (bicyclic) bond motifs is 2. The van der Waals surface area contributed by atoms with Crippen molar-refractivity contribution in [1.82, 2.24) is 4.90 Å². The minimum Gasteiger partial charge on any atom is -0.334 e. The molecule has 2 heterocycles. The lowest BCUT2D eigenvalue weighted by molar-refractivity contribution is 0.0747. The lowest BCUT2D eigenvalue weighted by atomic mass is 10.1. The van der Waals surface area contributed by atoms with Crippen LogP contribution in [-0.4, -0.2) is 34.4 Å². The van der Waals surface area contributed by atoms with Gasteiger partial charge in [0.25, 0.3) is 5.91 Å². The van der Waals surface area contributed by atoms with Gasteiger partial charge in [-0.05, 0) is 30.5 Å². The van der Waals surface area contributed by atoms with Crippen LogP contribution in [0.1, 0.15) is 29.3 Å². The van der Waals surface area contributed by atoms with Gasteiger partial charge < -0.3 is 4.90 Å². The second-order valence-corrected chi connectivity index (χ2v) is 6.19. The molecule has 1 aromatic rings. The molecule has 90 valence electrons. The predicted octanol–water partition coefficient (Wildman–Crippen LogP) is 2.58. The summed E-state index contributed by atoms with van der Waals surface area (Å²) in [6.45, 7) is 3.08. The number of carbonyl (C=O) groups is 1. The SMILES string of the molecule is CCc1ccc(C(=O)N2CC3CC2CS3)cc1. The van der Waals surface area contributed by atoms with Gasteiger partial charge in [-0.25, -0.2) is 0 Å². The van der Waals surface area contributed by atoms with Gasteiger partial charge in [0.1, 0.15) is 0 Å². The van der Waals surface area contributed by atoms with Gasteiger partial charge in [-0.15, -0.1) is 0 Å². The second kappa shape index (κ2) is 4.37. The van der Waals surface area contributed by atoms with Crippen LogP contribution in [0, 0.1) is 0 Å².